The molecule has 0 radical (unpaired) electrons. The summed E-state index contributed by atoms with van der Waals surface area (Å²) < 4.78 is 0.559. The van der Waals surface area contributed by atoms with Crippen molar-refractivity contribution in [3.05, 3.63) is 20.3 Å². The molecule has 0 aliphatic rings. The van der Waals surface area contributed by atoms with Crippen molar-refractivity contribution in [1.82, 2.24) is 0 Å². The number of Topliss-reactive ketones (excluding diaryl/α,β-unsaturated/α-hetero) is 1. The molecule has 0 fully saturated rings. The molecule has 1 aromatic heterocycles. The first-order chi connectivity index (χ1) is 6.60. The van der Waals surface area contributed by atoms with Crippen LogP contribution in [0.25, 0.3) is 0 Å². The van der Waals surface area contributed by atoms with Crippen molar-refractivity contribution in [2.75, 3.05) is 0 Å². The van der Waals surface area contributed by atoms with E-state index in [9.17, 15) is 4.79 Å². The average Bonchev–Trinajstić information content (AvgIpc) is 2.47. The number of nitrogens with zero attached hydrogens (tertiary/aromatic N) is 2. The molecule has 0 bridgehead atoms. The van der Waals surface area contributed by atoms with Crippen molar-refractivity contribution in [3.8, 4) is 12.1 Å². The molecule has 14 heavy (non-hydrogen) atoms. The quantitative estimate of drug-likeness (QED) is 0.752. The van der Waals surface area contributed by atoms with Crippen LogP contribution in [0.1, 0.15) is 10.4 Å². The van der Waals surface area contributed by atoms with Crippen LogP contribution in [-0.4, -0.2) is 5.78 Å². The number of hydrogen-bond donors (Lipinski definition) is 0. The Bertz CT molecular complexity index is 441. The lowest BCUT2D eigenvalue weighted by molar-refractivity contribution is 0.0971. The highest BCUT2D eigenvalue weighted by atomic mass is 35.5. The highest BCUT2D eigenvalue weighted by Gasteiger charge is 2.23. The molecule has 3 nitrogen and oxygen atoms in total. The number of carbonyl (C=O) groups is 1. The Balaban J connectivity index is 3.08. The molecule has 6 heteroatoms. The predicted octanol–water partition coefficient (Wildman–Crippen LogP) is 2.90. The topological polar surface area (TPSA) is 64.7 Å². The second-order valence-electron chi connectivity index (χ2n) is 2.29. The molecule has 1 aromatic rings. The second kappa shape index (κ2) is 4.43. The largest absolute Gasteiger partial charge is 0.291 e. The maximum atomic E-state index is 11.5. The molecule has 0 saturated heterocycles. The molecular formula is C8H2Cl2N2OS. The summed E-state index contributed by atoms with van der Waals surface area (Å²) >= 11 is 12.3. The summed E-state index contributed by atoms with van der Waals surface area (Å²) in [5, 5.41) is 17.0. The summed E-state index contributed by atoms with van der Waals surface area (Å²) in [6, 6.07) is 4.52. The first-order valence-corrected chi connectivity index (χ1v) is 4.95. The van der Waals surface area contributed by atoms with Gasteiger partial charge in [0, 0.05) is 0 Å². The van der Waals surface area contributed by atoms with Crippen LogP contribution >= 0.6 is 34.5 Å². The van der Waals surface area contributed by atoms with Gasteiger partial charge in [0.05, 0.1) is 22.0 Å². The van der Waals surface area contributed by atoms with Crippen molar-refractivity contribution in [2.45, 2.75) is 0 Å². The van der Waals surface area contributed by atoms with Gasteiger partial charge in [0.1, 0.15) is 4.34 Å². The van der Waals surface area contributed by atoms with Crippen molar-refractivity contribution >= 4 is 40.3 Å². The van der Waals surface area contributed by atoms with E-state index in [-0.39, 0.29) is 9.90 Å². The van der Waals surface area contributed by atoms with Gasteiger partial charge in [0.2, 0.25) is 0 Å². The van der Waals surface area contributed by atoms with Crippen molar-refractivity contribution in [2.24, 2.45) is 5.92 Å². The summed E-state index contributed by atoms with van der Waals surface area (Å²) in [5.74, 6) is -1.93. The van der Waals surface area contributed by atoms with Crippen LogP contribution in [0, 0.1) is 28.6 Å². The predicted molar refractivity (Wildman–Crippen MR) is 53.4 cm³/mol. The van der Waals surface area contributed by atoms with Gasteiger partial charge in [-0.1, -0.05) is 23.2 Å². The zero-order chi connectivity index (χ0) is 10.7. The van der Waals surface area contributed by atoms with E-state index in [1.54, 1.807) is 12.1 Å². The van der Waals surface area contributed by atoms with Gasteiger partial charge in [-0.3, -0.25) is 4.79 Å². The number of rotatable bonds is 2. The fourth-order valence-electron chi connectivity index (χ4n) is 0.810. The van der Waals surface area contributed by atoms with E-state index in [1.165, 1.54) is 6.07 Å². The second-order valence-corrected chi connectivity index (χ2v) is 4.58. The lowest BCUT2D eigenvalue weighted by atomic mass is 10.0. The molecule has 1 heterocycles. The van der Waals surface area contributed by atoms with Gasteiger partial charge in [-0.05, 0) is 6.07 Å². The Labute approximate surface area is 94.1 Å². The van der Waals surface area contributed by atoms with E-state index in [0.717, 1.165) is 11.3 Å². The fraction of sp³-hybridized carbons (Fsp3) is 0.125. The molecule has 0 unspecified atom stereocenters. The van der Waals surface area contributed by atoms with Gasteiger partial charge < -0.3 is 0 Å². The van der Waals surface area contributed by atoms with Crippen LogP contribution < -0.4 is 0 Å². The molecule has 0 aliphatic carbocycles. The monoisotopic (exact) mass is 244 g/mol. The average molecular weight is 245 g/mol. The van der Waals surface area contributed by atoms with Crippen molar-refractivity contribution in [3.63, 3.8) is 0 Å². The Kier molecular flexibility index (Phi) is 3.49. The van der Waals surface area contributed by atoms with Crippen LogP contribution in [0.3, 0.4) is 0 Å². The molecule has 0 atom stereocenters. The lowest BCUT2D eigenvalue weighted by Gasteiger charge is -1.96. The Hall–Kier alpha value is -1.07. The number of halogens is 2. The van der Waals surface area contributed by atoms with Crippen LogP contribution in [0.15, 0.2) is 6.07 Å². The highest BCUT2D eigenvalue weighted by molar-refractivity contribution is 7.20. The van der Waals surface area contributed by atoms with Gasteiger partial charge in [-0.25, -0.2) is 0 Å². The van der Waals surface area contributed by atoms with E-state index in [4.69, 9.17) is 33.7 Å². The summed E-state index contributed by atoms with van der Waals surface area (Å²) in [7, 11) is 0. The smallest absolute Gasteiger partial charge is 0.196 e. The summed E-state index contributed by atoms with van der Waals surface area (Å²) in [4.78, 5) is 11.5. The maximum Gasteiger partial charge on any atom is 0.196 e. The minimum Gasteiger partial charge on any atom is -0.291 e. The van der Waals surface area contributed by atoms with Crippen LogP contribution in [0.5, 0.6) is 0 Å². The zero-order valence-corrected chi connectivity index (χ0v) is 8.95. The Morgan fingerprint density at radius 3 is 2.36 bits per heavy atom. The number of hydrogen-bond acceptors (Lipinski definition) is 4. The van der Waals surface area contributed by atoms with Gasteiger partial charge in [0.15, 0.2) is 11.7 Å². The van der Waals surface area contributed by atoms with E-state index < -0.39 is 11.7 Å². The molecule has 0 aliphatic heterocycles. The summed E-state index contributed by atoms with van der Waals surface area (Å²) in [6.45, 7) is 0. The maximum absolute atomic E-state index is 11.5. The van der Waals surface area contributed by atoms with Crippen molar-refractivity contribution < 1.29 is 4.79 Å². The van der Waals surface area contributed by atoms with Crippen LogP contribution in [-0.2, 0) is 0 Å². The number of nitriles is 2. The minimum atomic E-state index is -1.32. The van der Waals surface area contributed by atoms with Crippen LogP contribution in [0.2, 0.25) is 8.67 Å². The van der Waals surface area contributed by atoms with E-state index in [0.29, 0.717) is 4.34 Å². The lowest BCUT2D eigenvalue weighted by Crippen LogP contribution is -2.10. The van der Waals surface area contributed by atoms with E-state index >= 15 is 0 Å². The standard InChI is InChI=1S/C8H2Cl2N2OS/c9-6-1-5(8(10)14-6)7(13)4(2-11)3-12/h1,4H. The zero-order valence-electron chi connectivity index (χ0n) is 6.62. The summed E-state index contributed by atoms with van der Waals surface area (Å²) in [5.41, 5.74) is 0.134. The first kappa shape index (κ1) is 11.0. The van der Waals surface area contributed by atoms with Gasteiger partial charge >= 0.3 is 0 Å². The normalized spacial score (nSPS) is 9.50. The van der Waals surface area contributed by atoms with Gasteiger partial charge in [0.25, 0.3) is 0 Å². The Morgan fingerprint density at radius 2 is 2.00 bits per heavy atom. The first-order valence-electron chi connectivity index (χ1n) is 3.38. The molecular weight excluding hydrogens is 243 g/mol. The molecule has 0 N–H and O–H groups in total. The molecule has 0 amide bonds. The van der Waals surface area contributed by atoms with Gasteiger partial charge in [-0.2, -0.15) is 10.5 Å². The SMILES string of the molecule is N#CC(C#N)C(=O)c1cc(Cl)sc1Cl. The van der Waals surface area contributed by atoms with Gasteiger partial charge in [-0.15, -0.1) is 11.3 Å². The van der Waals surface area contributed by atoms with Crippen molar-refractivity contribution in [1.29, 1.82) is 10.5 Å². The minimum absolute atomic E-state index is 0.134. The number of ketones is 1. The molecule has 0 spiro atoms. The third-order valence-electron chi connectivity index (χ3n) is 1.44. The molecule has 70 valence electrons. The number of thiophene rings is 1. The molecule has 0 saturated carbocycles. The molecule has 1 rings (SSSR count). The number of carbonyl (C=O) groups excluding carboxylic acids is 1. The third-order valence-corrected chi connectivity index (χ3v) is 2.93. The fourth-order valence-corrected chi connectivity index (χ4v) is 2.28. The van der Waals surface area contributed by atoms with Crippen LogP contribution in [0.4, 0.5) is 0 Å². The third kappa shape index (κ3) is 2.05. The summed E-state index contributed by atoms with van der Waals surface area (Å²) in [6.07, 6.45) is 0. The Morgan fingerprint density at radius 1 is 1.43 bits per heavy atom. The van der Waals surface area contributed by atoms with E-state index in [2.05, 4.69) is 0 Å². The van der Waals surface area contributed by atoms with E-state index in [1.807, 2.05) is 0 Å². The highest BCUT2D eigenvalue weighted by Crippen LogP contribution is 2.32. The molecule has 0 aromatic carbocycles.